The number of nitrogens with zero attached hydrogens (tertiary/aromatic N) is 5. The van der Waals surface area contributed by atoms with E-state index in [1.54, 1.807) is 6.20 Å². The highest BCUT2D eigenvalue weighted by molar-refractivity contribution is 7.12. The van der Waals surface area contributed by atoms with E-state index in [0.717, 1.165) is 53.6 Å². The van der Waals surface area contributed by atoms with Crippen molar-refractivity contribution >= 4 is 23.1 Å². The molecule has 0 atom stereocenters. The fraction of sp³-hybridized carbons (Fsp3) is 0.400. The van der Waals surface area contributed by atoms with E-state index >= 15 is 0 Å². The number of hydrogen-bond acceptors (Lipinski definition) is 7. The van der Waals surface area contributed by atoms with Gasteiger partial charge in [-0.05, 0) is 48.9 Å². The molecule has 1 amide bonds. The predicted molar refractivity (Wildman–Crippen MR) is 107 cm³/mol. The maximum Gasteiger partial charge on any atom is 0.264 e. The zero-order valence-corrected chi connectivity index (χ0v) is 16.5. The number of thiophene rings is 1. The number of rotatable bonds is 4. The van der Waals surface area contributed by atoms with Gasteiger partial charge in [-0.25, -0.2) is 4.98 Å². The Hall–Kier alpha value is -2.74. The van der Waals surface area contributed by atoms with Crippen molar-refractivity contribution in [3.8, 4) is 11.4 Å². The van der Waals surface area contributed by atoms with Crippen LogP contribution in [0.2, 0.25) is 0 Å². The normalized spacial score (nSPS) is 17.2. The molecule has 8 heteroatoms. The zero-order chi connectivity index (χ0) is 19.1. The van der Waals surface area contributed by atoms with Gasteiger partial charge in [-0.2, -0.15) is 4.98 Å². The van der Waals surface area contributed by atoms with Crippen LogP contribution in [0.25, 0.3) is 11.4 Å². The van der Waals surface area contributed by atoms with Gasteiger partial charge >= 0.3 is 0 Å². The van der Waals surface area contributed by atoms with Crippen LogP contribution in [0.15, 0.2) is 34.3 Å². The highest BCUT2D eigenvalue weighted by Crippen LogP contribution is 2.39. The van der Waals surface area contributed by atoms with Crippen molar-refractivity contribution < 1.29 is 9.32 Å². The van der Waals surface area contributed by atoms with E-state index < -0.39 is 0 Å². The van der Waals surface area contributed by atoms with Gasteiger partial charge in [-0.15, -0.1) is 11.3 Å². The zero-order valence-electron chi connectivity index (χ0n) is 15.7. The van der Waals surface area contributed by atoms with Crippen molar-refractivity contribution in [3.63, 3.8) is 0 Å². The maximum atomic E-state index is 12.6. The SMILES string of the molecule is Cc1csc(C(=O)N2CCN(c3ccc(-c4noc(C5CC5)n4)cn3)CC2)c1. The summed E-state index contributed by atoms with van der Waals surface area (Å²) in [5.74, 6) is 2.83. The summed E-state index contributed by atoms with van der Waals surface area (Å²) < 4.78 is 5.33. The van der Waals surface area contributed by atoms with Crippen LogP contribution in [-0.2, 0) is 0 Å². The lowest BCUT2D eigenvalue weighted by Gasteiger charge is -2.35. The lowest BCUT2D eigenvalue weighted by molar-refractivity contribution is 0.0751. The van der Waals surface area contributed by atoms with Gasteiger partial charge in [0.25, 0.3) is 5.91 Å². The van der Waals surface area contributed by atoms with Gasteiger partial charge in [0.2, 0.25) is 11.7 Å². The van der Waals surface area contributed by atoms with Crippen LogP contribution in [0.4, 0.5) is 5.82 Å². The number of piperazine rings is 1. The van der Waals surface area contributed by atoms with Crippen LogP contribution < -0.4 is 4.90 Å². The Balaban J connectivity index is 1.22. The molecule has 0 N–H and O–H groups in total. The molecule has 1 aliphatic heterocycles. The second kappa shape index (κ2) is 7.01. The van der Waals surface area contributed by atoms with Gasteiger partial charge in [0.1, 0.15) is 5.82 Å². The fourth-order valence-electron chi connectivity index (χ4n) is 3.39. The molecule has 7 nitrogen and oxygen atoms in total. The Morgan fingerprint density at radius 2 is 2.04 bits per heavy atom. The summed E-state index contributed by atoms with van der Waals surface area (Å²) in [5.41, 5.74) is 2.00. The molecule has 0 unspecified atom stereocenters. The van der Waals surface area contributed by atoms with Crippen molar-refractivity contribution in [1.82, 2.24) is 20.0 Å². The lowest BCUT2D eigenvalue weighted by atomic mass is 10.2. The largest absolute Gasteiger partial charge is 0.353 e. The topological polar surface area (TPSA) is 75.4 Å². The molecule has 5 rings (SSSR count). The molecule has 0 spiro atoms. The first-order valence-electron chi connectivity index (χ1n) is 9.57. The van der Waals surface area contributed by atoms with Gasteiger partial charge in [0.15, 0.2) is 0 Å². The molecule has 0 aromatic carbocycles. The average Bonchev–Trinajstić information content (AvgIpc) is 3.30. The molecule has 4 heterocycles. The fourth-order valence-corrected chi connectivity index (χ4v) is 4.26. The highest BCUT2D eigenvalue weighted by atomic mass is 32.1. The average molecular weight is 395 g/mol. The highest BCUT2D eigenvalue weighted by Gasteiger charge is 2.30. The summed E-state index contributed by atoms with van der Waals surface area (Å²) in [4.78, 5) is 26.6. The summed E-state index contributed by atoms with van der Waals surface area (Å²) in [6.45, 7) is 4.97. The van der Waals surface area contributed by atoms with Gasteiger partial charge in [0.05, 0.1) is 4.88 Å². The van der Waals surface area contributed by atoms with Crippen molar-refractivity contribution in [1.29, 1.82) is 0 Å². The standard InChI is InChI=1S/C20H21N5O2S/c1-13-10-16(28-12-13)20(26)25-8-6-24(7-9-25)17-5-4-15(11-21-17)18-22-19(27-23-18)14-2-3-14/h4-5,10-12,14H,2-3,6-9H2,1H3. The van der Waals surface area contributed by atoms with Crippen molar-refractivity contribution in [2.45, 2.75) is 25.7 Å². The minimum atomic E-state index is 0.129. The number of amides is 1. The number of carbonyl (C=O) groups excluding carboxylic acids is 1. The molecule has 144 valence electrons. The Kier molecular flexibility index (Phi) is 4.35. The van der Waals surface area contributed by atoms with E-state index in [0.29, 0.717) is 24.8 Å². The number of aromatic nitrogens is 3. The Bertz CT molecular complexity index is 984. The van der Waals surface area contributed by atoms with E-state index in [9.17, 15) is 4.79 Å². The third-order valence-electron chi connectivity index (χ3n) is 5.21. The lowest BCUT2D eigenvalue weighted by Crippen LogP contribution is -2.48. The number of anilines is 1. The molecule has 1 saturated heterocycles. The first-order valence-corrected chi connectivity index (χ1v) is 10.4. The van der Waals surface area contributed by atoms with Crippen LogP contribution in [0.3, 0.4) is 0 Å². The van der Waals surface area contributed by atoms with E-state index in [1.807, 2.05) is 35.4 Å². The summed E-state index contributed by atoms with van der Waals surface area (Å²) in [6, 6.07) is 5.94. The molecule has 2 fully saturated rings. The first kappa shape index (κ1) is 17.4. The smallest absolute Gasteiger partial charge is 0.264 e. The Labute approximate surface area is 167 Å². The van der Waals surface area contributed by atoms with E-state index in [1.165, 1.54) is 11.3 Å². The first-order chi connectivity index (χ1) is 13.7. The summed E-state index contributed by atoms with van der Waals surface area (Å²) in [5, 5.41) is 6.09. The molecule has 0 bridgehead atoms. The molecule has 3 aromatic rings. The van der Waals surface area contributed by atoms with Gasteiger partial charge < -0.3 is 14.3 Å². The summed E-state index contributed by atoms with van der Waals surface area (Å²) >= 11 is 1.52. The van der Waals surface area contributed by atoms with Crippen molar-refractivity contribution in [2.75, 3.05) is 31.1 Å². The number of carbonyl (C=O) groups is 1. The summed E-state index contributed by atoms with van der Waals surface area (Å²) in [6.07, 6.45) is 4.07. The van der Waals surface area contributed by atoms with Crippen LogP contribution in [0.1, 0.15) is 39.9 Å². The minimum Gasteiger partial charge on any atom is -0.353 e. The molecular weight excluding hydrogens is 374 g/mol. The molecule has 28 heavy (non-hydrogen) atoms. The molecule has 1 aliphatic carbocycles. The number of pyridine rings is 1. The maximum absolute atomic E-state index is 12.6. The third kappa shape index (κ3) is 3.40. The number of hydrogen-bond donors (Lipinski definition) is 0. The molecule has 0 radical (unpaired) electrons. The van der Waals surface area contributed by atoms with Crippen molar-refractivity contribution in [2.24, 2.45) is 0 Å². The van der Waals surface area contributed by atoms with Crippen LogP contribution in [0, 0.1) is 6.92 Å². The van der Waals surface area contributed by atoms with E-state index in [2.05, 4.69) is 20.0 Å². The molecule has 2 aliphatic rings. The Morgan fingerprint density at radius 1 is 1.21 bits per heavy atom. The monoisotopic (exact) mass is 395 g/mol. The van der Waals surface area contributed by atoms with E-state index in [-0.39, 0.29) is 5.91 Å². The quantitative estimate of drug-likeness (QED) is 0.674. The van der Waals surface area contributed by atoms with Gasteiger partial charge in [0, 0.05) is 43.9 Å². The summed E-state index contributed by atoms with van der Waals surface area (Å²) in [7, 11) is 0. The predicted octanol–water partition coefficient (Wildman–Crippen LogP) is 3.34. The third-order valence-corrected chi connectivity index (χ3v) is 6.24. The van der Waals surface area contributed by atoms with Gasteiger partial charge in [-0.3, -0.25) is 4.79 Å². The minimum absolute atomic E-state index is 0.129. The molecule has 3 aromatic heterocycles. The van der Waals surface area contributed by atoms with Crippen molar-refractivity contribution in [3.05, 3.63) is 46.1 Å². The van der Waals surface area contributed by atoms with Crippen LogP contribution in [-0.4, -0.2) is 52.1 Å². The molecular formula is C20H21N5O2S. The van der Waals surface area contributed by atoms with Gasteiger partial charge in [-0.1, -0.05) is 5.16 Å². The van der Waals surface area contributed by atoms with Crippen LogP contribution in [0.5, 0.6) is 0 Å². The van der Waals surface area contributed by atoms with Crippen LogP contribution >= 0.6 is 11.3 Å². The Morgan fingerprint density at radius 3 is 2.68 bits per heavy atom. The van der Waals surface area contributed by atoms with E-state index in [4.69, 9.17) is 4.52 Å². The second-order valence-electron chi connectivity index (χ2n) is 7.40. The number of aryl methyl sites for hydroxylation is 1. The molecule has 1 saturated carbocycles. The second-order valence-corrected chi connectivity index (χ2v) is 8.31.